The van der Waals surface area contributed by atoms with Gasteiger partial charge in [0.25, 0.3) is 0 Å². The predicted molar refractivity (Wildman–Crippen MR) is 59.7 cm³/mol. The van der Waals surface area contributed by atoms with Gasteiger partial charge in [0.15, 0.2) is 0 Å². The van der Waals surface area contributed by atoms with Crippen molar-refractivity contribution < 1.29 is 0 Å². The minimum atomic E-state index is 0.819. The highest BCUT2D eigenvalue weighted by Crippen LogP contribution is 2.04. The molecule has 0 aromatic carbocycles. The minimum absolute atomic E-state index is 0.819. The van der Waals surface area contributed by atoms with Crippen LogP contribution in [0.1, 0.15) is 5.69 Å². The molecule has 5 heteroatoms. The molecule has 1 aliphatic heterocycles. The summed E-state index contributed by atoms with van der Waals surface area (Å²) in [6, 6.07) is 3.99. The molecule has 82 valence electrons. The van der Waals surface area contributed by atoms with Crippen molar-refractivity contribution in [2.24, 2.45) is 0 Å². The Morgan fingerprint density at radius 2 is 2.13 bits per heavy atom. The maximum atomic E-state index is 4.17. The van der Waals surface area contributed by atoms with Crippen molar-refractivity contribution in [1.82, 2.24) is 20.4 Å². The molecular weight excluding hydrogens is 190 g/mol. The average Bonchev–Trinajstić information content (AvgIpc) is 2.31. The number of anilines is 1. The third-order valence-corrected chi connectivity index (χ3v) is 2.57. The highest BCUT2D eigenvalue weighted by molar-refractivity contribution is 5.31. The Hall–Kier alpha value is -1.20. The zero-order valence-electron chi connectivity index (χ0n) is 9.03. The predicted octanol–water partition coefficient (Wildman–Crippen LogP) is -0.0765. The molecule has 1 aromatic rings. The van der Waals surface area contributed by atoms with Gasteiger partial charge in [-0.25, -0.2) is 0 Å². The molecule has 0 spiro atoms. The van der Waals surface area contributed by atoms with E-state index >= 15 is 0 Å². The standard InChI is InChI=1S/C10H17N5/c1-11-10-3-2-9(13-14-10)8-15-6-4-12-5-7-15/h2-3,12H,4-8H2,1H3,(H,11,14). The highest BCUT2D eigenvalue weighted by Gasteiger charge is 2.10. The van der Waals surface area contributed by atoms with E-state index in [9.17, 15) is 0 Å². The van der Waals surface area contributed by atoms with Crippen LogP contribution in [-0.4, -0.2) is 48.3 Å². The van der Waals surface area contributed by atoms with E-state index in [1.807, 2.05) is 19.2 Å². The van der Waals surface area contributed by atoms with Crippen molar-refractivity contribution in [3.63, 3.8) is 0 Å². The first kappa shape index (κ1) is 10.3. The van der Waals surface area contributed by atoms with E-state index in [4.69, 9.17) is 0 Å². The van der Waals surface area contributed by atoms with Crippen LogP contribution in [0.5, 0.6) is 0 Å². The molecule has 5 nitrogen and oxygen atoms in total. The van der Waals surface area contributed by atoms with Crippen molar-refractivity contribution in [1.29, 1.82) is 0 Å². The molecule has 2 N–H and O–H groups in total. The summed E-state index contributed by atoms with van der Waals surface area (Å²) in [4.78, 5) is 2.39. The first-order chi connectivity index (χ1) is 7.38. The van der Waals surface area contributed by atoms with Crippen LogP contribution in [0.2, 0.25) is 0 Å². The Morgan fingerprint density at radius 1 is 1.33 bits per heavy atom. The van der Waals surface area contributed by atoms with Gasteiger partial charge in [0.2, 0.25) is 0 Å². The number of rotatable bonds is 3. The van der Waals surface area contributed by atoms with Crippen molar-refractivity contribution in [3.8, 4) is 0 Å². The fourth-order valence-corrected chi connectivity index (χ4v) is 1.68. The SMILES string of the molecule is CNc1ccc(CN2CCNCC2)nn1. The van der Waals surface area contributed by atoms with Gasteiger partial charge < -0.3 is 10.6 Å². The lowest BCUT2D eigenvalue weighted by atomic mass is 10.3. The molecule has 1 saturated heterocycles. The lowest BCUT2D eigenvalue weighted by Crippen LogP contribution is -2.43. The Labute approximate surface area is 89.9 Å². The van der Waals surface area contributed by atoms with E-state index in [-0.39, 0.29) is 0 Å². The van der Waals surface area contributed by atoms with Crippen LogP contribution in [-0.2, 0) is 6.54 Å². The van der Waals surface area contributed by atoms with Crippen LogP contribution in [0.3, 0.4) is 0 Å². The first-order valence-electron chi connectivity index (χ1n) is 5.32. The molecule has 0 radical (unpaired) electrons. The summed E-state index contributed by atoms with van der Waals surface area (Å²) in [5.74, 6) is 0.819. The van der Waals surface area contributed by atoms with Crippen LogP contribution in [0.25, 0.3) is 0 Å². The second kappa shape index (κ2) is 5.04. The van der Waals surface area contributed by atoms with Crippen LogP contribution in [0, 0.1) is 0 Å². The Kier molecular flexibility index (Phi) is 3.47. The summed E-state index contributed by atoms with van der Waals surface area (Å²) in [5.41, 5.74) is 1.04. The van der Waals surface area contributed by atoms with Crippen LogP contribution in [0.4, 0.5) is 5.82 Å². The Balaban J connectivity index is 1.91. The van der Waals surface area contributed by atoms with Gasteiger partial charge in [0.1, 0.15) is 5.82 Å². The maximum absolute atomic E-state index is 4.17. The second-order valence-electron chi connectivity index (χ2n) is 3.69. The quantitative estimate of drug-likeness (QED) is 0.726. The van der Waals surface area contributed by atoms with E-state index < -0.39 is 0 Å². The van der Waals surface area contributed by atoms with Gasteiger partial charge in [-0.3, -0.25) is 4.90 Å². The van der Waals surface area contributed by atoms with Crippen LogP contribution in [0.15, 0.2) is 12.1 Å². The number of hydrogen-bond donors (Lipinski definition) is 2. The minimum Gasteiger partial charge on any atom is -0.372 e. The number of piperazine rings is 1. The zero-order valence-corrected chi connectivity index (χ0v) is 9.03. The Bertz CT molecular complexity index is 291. The second-order valence-corrected chi connectivity index (χ2v) is 3.69. The van der Waals surface area contributed by atoms with Crippen molar-refractivity contribution >= 4 is 5.82 Å². The lowest BCUT2D eigenvalue weighted by molar-refractivity contribution is 0.230. The summed E-state index contributed by atoms with van der Waals surface area (Å²) in [6.45, 7) is 5.23. The molecule has 2 heterocycles. The van der Waals surface area contributed by atoms with Gasteiger partial charge in [0, 0.05) is 39.8 Å². The third kappa shape index (κ3) is 2.87. The van der Waals surface area contributed by atoms with Gasteiger partial charge in [0.05, 0.1) is 5.69 Å². The van der Waals surface area contributed by atoms with Gasteiger partial charge in [-0.05, 0) is 12.1 Å². The first-order valence-corrected chi connectivity index (χ1v) is 5.32. The molecule has 0 unspecified atom stereocenters. The highest BCUT2D eigenvalue weighted by atomic mass is 15.2. The zero-order chi connectivity index (χ0) is 10.5. The number of nitrogens with one attached hydrogen (secondary N) is 2. The molecule has 1 aliphatic rings. The molecule has 0 aliphatic carbocycles. The van der Waals surface area contributed by atoms with E-state index in [0.717, 1.165) is 44.2 Å². The number of aromatic nitrogens is 2. The summed E-state index contributed by atoms with van der Waals surface area (Å²) >= 11 is 0. The summed E-state index contributed by atoms with van der Waals surface area (Å²) in [6.07, 6.45) is 0. The lowest BCUT2D eigenvalue weighted by Gasteiger charge is -2.26. The van der Waals surface area contributed by atoms with Gasteiger partial charge in [-0.2, -0.15) is 5.10 Å². The fraction of sp³-hybridized carbons (Fsp3) is 0.600. The Morgan fingerprint density at radius 3 is 2.73 bits per heavy atom. The van der Waals surface area contributed by atoms with Crippen molar-refractivity contribution in [3.05, 3.63) is 17.8 Å². The van der Waals surface area contributed by atoms with Gasteiger partial charge in [-0.1, -0.05) is 0 Å². The van der Waals surface area contributed by atoms with Crippen LogP contribution >= 0.6 is 0 Å². The molecule has 0 atom stereocenters. The molecular formula is C10H17N5. The molecule has 0 saturated carbocycles. The van der Waals surface area contributed by atoms with Crippen LogP contribution < -0.4 is 10.6 Å². The molecule has 1 aromatic heterocycles. The summed E-state index contributed by atoms with van der Waals surface area (Å²) in [7, 11) is 1.85. The molecule has 2 rings (SSSR count). The number of nitrogens with zero attached hydrogens (tertiary/aromatic N) is 3. The summed E-state index contributed by atoms with van der Waals surface area (Å²) < 4.78 is 0. The smallest absolute Gasteiger partial charge is 0.148 e. The topological polar surface area (TPSA) is 53.1 Å². The molecule has 15 heavy (non-hydrogen) atoms. The van der Waals surface area contributed by atoms with Gasteiger partial charge in [-0.15, -0.1) is 5.10 Å². The maximum Gasteiger partial charge on any atom is 0.148 e. The van der Waals surface area contributed by atoms with Crippen molar-refractivity contribution in [2.75, 3.05) is 38.5 Å². The van der Waals surface area contributed by atoms with E-state index in [0.29, 0.717) is 0 Å². The summed E-state index contributed by atoms with van der Waals surface area (Å²) in [5, 5.41) is 14.5. The van der Waals surface area contributed by atoms with E-state index in [2.05, 4.69) is 25.7 Å². The fourth-order valence-electron chi connectivity index (χ4n) is 1.68. The number of hydrogen-bond acceptors (Lipinski definition) is 5. The molecule has 1 fully saturated rings. The normalized spacial score (nSPS) is 17.7. The van der Waals surface area contributed by atoms with Crippen molar-refractivity contribution in [2.45, 2.75) is 6.54 Å². The monoisotopic (exact) mass is 207 g/mol. The van der Waals surface area contributed by atoms with E-state index in [1.165, 1.54) is 0 Å². The van der Waals surface area contributed by atoms with E-state index in [1.54, 1.807) is 0 Å². The third-order valence-electron chi connectivity index (χ3n) is 2.57. The largest absolute Gasteiger partial charge is 0.372 e. The van der Waals surface area contributed by atoms with Gasteiger partial charge >= 0.3 is 0 Å². The average molecular weight is 207 g/mol. The molecule has 0 amide bonds. The molecule has 0 bridgehead atoms.